The predicted octanol–water partition coefficient (Wildman–Crippen LogP) is 5.07. The van der Waals surface area contributed by atoms with E-state index in [1.807, 2.05) is 39.0 Å². The molecule has 0 saturated heterocycles. The first kappa shape index (κ1) is 19.7. The minimum absolute atomic E-state index is 0.199. The van der Waals surface area contributed by atoms with Gasteiger partial charge in [-0.2, -0.15) is 0 Å². The number of hydrogen-bond acceptors (Lipinski definition) is 6. The van der Waals surface area contributed by atoms with E-state index in [0.29, 0.717) is 34.2 Å². The third-order valence-electron chi connectivity index (χ3n) is 5.57. The Hall–Kier alpha value is -4.20. The Morgan fingerprint density at radius 2 is 1.94 bits per heavy atom. The van der Waals surface area contributed by atoms with Crippen molar-refractivity contribution in [2.24, 2.45) is 0 Å². The molecule has 160 valence electrons. The van der Waals surface area contributed by atoms with Crippen LogP contribution in [0.3, 0.4) is 0 Å². The second kappa shape index (κ2) is 7.19. The molecule has 0 unspecified atom stereocenters. The van der Waals surface area contributed by atoms with Crippen LogP contribution < -0.4 is 4.74 Å². The van der Waals surface area contributed by atoms with Gasteiger partial charge in [-0.25, -0.2) is 14.8 Å². The maximum absolute atomic E-state index is 11.5. The van der Waals surface area contributed by atoms with E-state index in [0.717, 1.165) is 33.1 Å². The lowest BCUT2D eigenvalue weighted by Gasteiger charge is -2.10. The molecule has 0 fully saturated rings. The number of benzene rings is 2. The van der Waals surface area contributed by atoms with Gasteiger partial charge in [-0.3, -0.25) is 0 Å². The van der Waals surface area contributed by atoms with Crippen molar-refractivity contribution >= 4 is 27.9 Å². The molecular formula is C24H20N4O4. The number of ether oxygens (including phenoxy) is 1. The number of aromatic amines is 1. The van der Waals surface area contributed by atoms with Crippen molar-refractivity contribution < 1.29 is 19.2 Å². The topological polar surface area (TPSA) is 114 Å². The number of fused-ring (bicyclic) bond motifs is 3. The molecule has 8 heteroatoms. The molecule has 0 spiro atoms. The second-order valence-electron chi connectivity index (χ2n) is 7.65. The summed E-state index contributed by atoms with van der Waals surface area (Å²) in [5.74, 6) is 0.966. The summed E-state index contributed by atoms with van der Waals surface area (Å²) >= 11 is 0. The van der Waals surface area contributed by atoms with E-state index in [2.05, 4.69) is 20.1 Å². The number of aryl methyl sites for hydroxylation is 3. The molecule has 0 bridgehead atoms. The maximum Gasteiger partial charge on any atom is 0.335 e. The van der Waals surface area contributed by atoms with Crippen LogP contribution in [0.15, 0.2) is 40.9 Å². The molecule has 3 heterocycles. The number of hydrogen-bond donors (Lipinski definition) is 2. The zero-order chi connectivity index (χ0) is 22.6. The smallest absolute Gasteiger partial charge is 0.335 e. The zero-order valence-corrected chi connectivity index (χ0v) is 18.0. The molecule has 0 radical (unpaired) electrons. The van der Waals surface area contributed by atoms with Gasteiger partial charge >= 0.3 is 5.97 Å². The molecule has 5 aromatic rings. The predicted molar refractivity (Wildman–Crippen MR) is 120 cm³/mol. The number of nitrogens with zero attached hydrogens (tertiary/aromatic N) is 3. The highest BCUT2D eigenvalue weighted by atomic mass is 16.5. The molecule has 0 saturated carbocycles. The lowest BCUT2D eigenvalue weighted by atomic mass is 9.99. The summed E-state index contributed by atoms with van der Waals surface area (Å²) in [6.07, 6.45) is 0. The van der Waals surface area contributed by atoms with E-state index >= 15 is 0 Å². The molecule has 2 aromatic carbocycles. The number of aromatic nitrogens is 4. The first-order valence-corrected chi connectivity index (χ1v) is 10.0. The summed E-state index contributed by atoms with van der Waals surface area (Å²) in [5, 5.41) is 15.2. The first-order valence-electron chi connectivity index (χ1n) is 10.0. The van der Waals surface area contributed by atoms with Crippen LogP contribution in [0.2, 0.25) is 0 Å². The molecule has 32 heavy (non-hydrogen) atoms. The number of carboxylic acid groups (broad SMARTS) is 1. The molecule has 0 aliphatic rings. The van der Waals surface area contributed by atoms with Gasteiger partial charge in [0.05, 0.1) is 35.0 Å². The van der Waals surface area contributed by atoms with Crippen LogP contribution in [-0.4, -0.2) is 38.3 Å². The fourth-order valence-corrected chi connectivity index (χ4v) is 4.18. The van der Waals surface area contributed by atoms with Crippen molar-refractivity contribution in [2.45, 2.75) is 20.8 Å². The van der Waals surface area contributed by atoms with E-state index in [9.17, 15) is 9.90 Å². The Morgan fingerprint density at radius 1 is 1.12 bits per heavy atom. The average molecular weight is 428 g/mol. The van der Waals surface area contributed by atoms with Crippen LogP contribution in [0, 0.1) is 20.8 Å². The molecule has 0 atom stereocenters. The van der Waals surface area contributed by atoms with Crippen molar-refractivity contribution in [3.05, 3.63) is 59.2 Å². The van der Waals surface area contributed by atoms with Gasteiger partial charge in [-0.1, -0.05) is 17.3 Å². The van der Waals surface area contributed by atoms with E-state index in [1.165, 1.54) is 0 Å². The average Bonchev–Trinajstić information content (AvgIpc) is 3.30. The van der Waals surface area contributed by atoms with Crippen molar-refractivity contribution in [1.29, 1.82) is 0 Å². The van der Waals surface area contributed by atoms with E-state index in [1.54, 1.807) is 25.3 Å². The Labute approximate surface area is 182 Å². The molecule has 0 aliphatic carbocycles. The van der Waals surface area contributed by atoms with Gasteiger partial charge in [0.2, 0.25) is 0 Å². The SMILES string of the molecule is COc1cc2c(cc1-c1c(C)noc1C)[nH]c1nc(C)nc(-c3cccc(C(=O)O)c3)c12. The van der Waals surface area contributed by atoms with Crippen molar-refractivity contribution in [3.8, 4) is 28.1 Å². The zero-order valence-electron chi connectivity index (χ0n) is 18.0. The fourth-order valence-electron chi connectivity index (χ4n) is 4.18. The number of methoxy groups -OCH3 is 1. The van der Waals surface area contributed by atoms with E-state index < -0.39 is 5.97 Å². The van der Waals surface area contributed by atoms with Crippen LogP contribution in [-0.2, 0) is 0 Å². The number of carbonyl (C=O) groups is 1. The molecular weight excluding hydrogens is 408 g/mol. The first-order chi connectivity index (χ1) is 15.4. The number of carboxylic acids is 1. The van der Waals surface area contributed by atoms with Crippen molar-refractivity contribution in [2.75, 3.05) is 7.11 Å². The largest absolute Gasteiger partial charge is 0.496 e. The Kier molecular flexibility index (Phi) is 4.44. The number of rotatable bonds is 4. The number of nitrogens with one attached hydrogen (secondary N) is 1. The van der Waals surface area contributed by atoms with Gasteiger partial charge in [0.15, 0.2) is 0 Å². The maximum atomic E-state index is 11.5. The van der Waals surface area contributed by atoms with Gasteiger partial charge < -0.3 is 19.4 Å². The van der Waals surface area contributed by atoms with Crippen molar-refractivity contribution in [3.63, 3.8) is 0 Å². The van der Waals surface area contributed by atoms with Crippen LogP contribution in [0.1, 0.15) is 27.6 Å². The van der Waals surface area contributed by atoms with Gasteiger partial charge in [0.1, 0.15) is 23.0 Å². The number of aromatic carboxylic acids is 1. The molecule has 0 aliphatic heterocycles. The fraction of sp³-hybridized carbons (Fsp3) is 0.167. The number of H-pyrrole nitrogens is 1. The molecule has 0 amide bonds. The summed E-state index contributed by atoms with van der Waals surface area (Å²) in [7, 11) is 1.62. The van der Waals surface area contributed by atoms with E-state index in [4.69, 9.17) is 9.26 Å². The molecule has 5 rings (SSSR count). The van der Waals surface area contributed by atoms with Crippen LogP contribution in [0.5, 0.6) is 5.75 Å². The normalized spacial score (nSPS) is 11.4. The standard InChI is InChI=1S/C24H20N4O4/c1-11-20(12(2)32-28-11)17-9-18-16(10-19(17)31-4)21-22(25-13(3)26-23(21)27-18)14-6-5-7-15(8-14)24(29)30/h5-10H,1-4H3,(H,29,30)(H,25,26,27). The lowest BCUT2D eigenvalue weighted by Crippen LogP contribution is -1.98. The quantitative estimate of drug-likeness (QED) is 0.411. The summed E-state index contributed by atoms with van der Waals surface area (Å²) in [4.78, 5) is 24.1. The van der Waals surface area contributed by atoms with Gasteiger partial charge in [0.25, 0.3) is 0 Å². The third kappa shape index (κ3) is 2.99. The molecule has 3 aromatic heterocycles. The lowest BCUT2D eigenvalue weighted by molar-refractivity contribution is 0.0697. The van der Waals surface area contributed by atoms with Gasteiger partial charge in [-0.05, 0) is 45.0 Å². The molecule has 8 nitrogen and oxygen atoms in total. The monoisotopic (exact) mass is 428 g/mol. The van der Waals surface area contributed by atoms with Crippen LogP contribution in [0.25, 0.3) is 44.3 Å². The van der Waals surface area contributed by atoms with Gasteiger partial charge in [-0.15, -0.1) is 0 Å². The minimum Gasteiger partial charge on any atom is -0.496 e. The second-order valence-corrected chi connectivity index (χ2v) is 7.65. The Balaban J connectivity index is 1.84. The summed E-state index contributed by atoms with van der Waals surface area (Å²) in [6.45, 7) is 5.57. The van der Waals surface area contributed by atoms with Crippen LogP contribution >= 0.6 is 0 Å². The summed E-state index contributed by atoms with van der Waals surface area (Å²) in [6, 6.07) is 10.7. The minimum atomic E-state index is -0.987. The third-order valence-corrected chi connectivity index (χ3v) is 5.57. The van der Waals surface area contributed by atoms with Crippen LogP contribution in [0.4, 0.5) is 0 Å². The van der Waals surface area contributed by atoms with Gasteiger partial charge in [0, 0.05) is 22.0 Å². The molecule has 2 N–H and O–H groups in total. The Morgan fingerprint density at radius 3 is 2.62 bits per heavy atom. The highest BCUT2D eigenvalue weighted by Crippen LogP contribution is 2.41. The highest BCUT2D eigenvalue weighted by Gasteiger charge is 2.21. The summed E-state index contributed by atoms with van der Waals surface area (Å²) in [5.41, 5.74) is 5.61. The Bertz CT molecular complexity index is 1510. The van der Waals surface area contributed by atoms with E-state index in [-0.39, 0.29) is 5.56 Å². The van der Waals surface area contributed by atoms with Crippen molar-refractivity contribution in [1.82, 2.24) is 20.1 Å². The summed E-state index contributed by atoms with van der Waals surface area (Å²) < 4.78 is 11.1. The highest BCUT2D eigenvalue weighted by molar-refractivity contribution is 6.13.